The molecule has 1 aromatic rings. The summed E-state index contributed by atoms with van der Waals surface area (Å²) in [5, 5.41) is 3.26. The summed E-state index contributed by atoms with van der Waals surface area (Å²) in [6.45, 7) is 9.87. The maximum atomic E-state index is 13.5. The van der Waals surface area contributed by atoms with E-state index in [0.717, 1.165) is 17.5 Å². The zero-order valence-corrected chi connectivity index (χ0v) is 20.6. The smallest absolute Gasteiger partial charge is 0.411 e. The Morgan fingerprint density at radius 1 is 1.15 bits per heavy atom. The van der Waals surface area contributed by atoms with E-state index in [9.17, 15) is 14.4 Å². The van der Waals surface area contributed by atoms with E-state index in [1.807, 2.05) is 6.07 Å². The topological polar surface area (TPSA) is 102 Å². The number of nitrogens with one attached hydrogen (secondary N) is 1. The number of carbonyl (C=O) groups is 3. The Hall–Kier alpha value is -2.57. The molecule has 182 valence electrons. The molecule has 3 N–H and O–H groups in total. The number of amides is 3. The standard InChI is InChI=1S/C26H39N3O4/c1-16(2)21(12-17-8-6-7-9-17)28-24(31)22-14-18-10-11-19(23(27)30)13-20(18)15-29(22)25(32)33-26(3,4)5/h10-11,13,16-17,21-22H,6-9,12,14-15H2,1-5H3,(H2,27,30)(H,28,31)/t21-,22-/m1/s1. The van der Waals surface area contributed by atoms with Gasteiger partial charge in [0.15, 0.2) is 0 Å². The molecule has 1 aliphatic heterocycles. The maximum Gasteiger partial charge on any atom is 0.411 e. The molecule has 0 bridgehead atoms. The van der Waals surface area contributed by atoms with E-state index in [-0.39, 0.29) is 18.5 Å². The summed E-state index contributed by atoms with van der Waals surface area (Å²) in [7, 11) is 0. The summed E-state index contributed by atoms with van der Waals surface area (Å²) < 4.78 is 5.63. The summed E-state index contributed by atoms with van der Waals surface area (Å²) >= 11 is 0. The van der Waals surface area contributed by atoms with Crippen LogP contribution in [0.2, 0.25) is 0 Å². The number of ether oxygens (including phenoxy) is 1. The van der Waals surface area contributed by atoms with E-state index in [4.69, 9.17) is 10.5 Å². The predicted molar refractivity (Wildman–Crippen MR) is 128 cm³/mol. The molecule has 33 heavy (non-hydrogen) atoms. The molecule has 0 aromatic heterocycles. The van der Waals surface area contributed by atoms with Crippen LogP contribution >= 0.6 is 0 Å². The van der Waals surface area contributed by atoms with Gasteiger partial charge in [0.05, 0.1) is 6.54 Å². The van der Waals surface area contributed by atoms with Crippen molar-refractivity contribution in [1.29, 1.82) is 0 Å². The number of fused-ring (bicyclic) bond motifs is 1. The lowest BCUT2D eigenvalue weighted by Crippen LogP contribution is -2.56. The summed E-state index contributed by atoms with van der Waals surface area (Å²) in [6.07, 6.45) is 5.79. The van der Waals surface area contributed by atoms with Crippen LogP contribution in [0.25, 0.3) is 0 Å². The van der Waals surface area contributed by atoms with Gasteiger partial charge in [0, 0.05) is 18.0 Å². The van der Waals surface area contributed by atoms with Crippen molar-refractivity contribution in [2.75, 3.05) is 0 Å². The lowest BCUT2D eigenvalue weighted by molar-refractivity contribution is -0.128. The average Bonchev–Trinajstić information content (AvgIpc) is 3.23. The van der Waals surface area contributed by atoms with E-state index in [1.54, 1.807) is 32.9 Å². The third-order valence-corrected chi connectivity index (χ3v) is 6.75. The van der Waals surface area contributed by atoms with Crippen LogP contribution in [-0.4, -0.2) is 40.5 Å². The molecular formula is C26H39N3O4. The van der Waals surface area contributed by atoms with Gasteiger partial charge in [0.2, 0.25) is 11.8 Å². The quantitative estimate of drug-likeness (QED) is 0.669. The first-order chi connectivity index (χ1) is 15.4. The summed E-state index contributed by atoms with van der Waals surface area (Å²) in [5.41, 5.74) is 6.90. The Morgan fingerprint density at radius 2 is 1.82 bits per heavy atom. The number of hydrogen-bond acceptors (Lipinski definition) is 4. The van der Waals surface area contributed by atoms with Crippen LogP contribution in [-0.2, 0) is 22.5 Å². The molecule has 7 nitrogen and oxygen atoms in total. The van der Waals surface area contributed by atoms with Crippen molar-refractivity contribution in [3.05, 3.63) is 34.9 Å². The molecule has 1 aromatic carbocycles. The van der Waals surface area contributed by atoms with E-state index in [1.165, 1.54) is 30.6 Å². The van der Waals surface area contributed by atoms with Crippen LogP contribution in [0, 0.1) is 11.8 Å². The van der Waals surface area contributed by atoms with Gasteiger partial charge in [-0.2, -0.15) is 0 Å². The molecule has 1 saturated carbocycles. The average molecular weight is 458 g/mol. The van der Waals surface area contributed by atoms with E-state index in [0.29, 0.717) is 23.8 Å². The maximum absolute atomic E-state index is 13.5. The molecule has 1 fully saturated rings. The SMILES string of the molecule is CC(C)[C@@H](CC1CCCC1)NC(=O)[C@H]1Cc2ccc(C(N)=O)cc2CN1C(=O)OC(C)(C)C. The van der Waals surface area contributed by atoms with Crippen molar-refractivity contribution in [3.63, 3.8) is 0 Å². The number of nitrogens with zero attached hydrogens (tertiary/aromatic N) is 1. The van der Waals surface area contributed by atoms with Crippen molar-refractivity contribution >= 4 is 17.9 Å². The van der Waals surface area contributed by atoms with Gasteiger partial charge in [-0.15, -0.1) is 0 Å². The van der Waals surface area contributed by atoms with Crippen LogP contribution in [0.3, 0.4) is 0 Å². The third-order valence-electron chi connectivity index (χ3n) is 6.75. The first kappa shape index (κ1) is 25.1. The minimum absolute atomic E-state index is 0.0692. The van der Waals surface area contributed by atoms with Gasteiger partial charge < -0.3 is 15.8 Å². The molecule has 1 heterocycles. The van der Waals surface area contributed by atoms with Gasteiger partial charge in [-0.3, -0.25) is 14.5 Å². The Labute approximate surface area is 197 Å². The van der Waals surface area contributed by atoms with Crippen LogP contribution in [0.5, 0.6) is 0 Å². The zero-order valence-electron chi connectivity index (χ0n) is 20.6. The van der Waals surface area contributed by atoms with E-state index >= 15 is 0 Å². The van der Waals surface area contributed by atoms with Gasteiger partial charge in [-0.25, -0.2) is 4.79 Å². The predicted octanol–water partition coefficient (Wildman–Crippen LogP) is 4.17. The van der Waals surface area contributed by atoms with Gasteiger partial charge in [0.1, 0.15) is 11.6 Å². The first-order valence-corrected chi connectivity index (χ1v) is 12.2. The highest BCUT2D eigenvalue weighted by atomic mass is 16.6. The van der Waals surface area contributed by atoms with Crippen LogP contribution < -0.4 is 11.1 Å². The Kier molecular flexibility index (Phi) is 7.70. The van der Waals surface area contributed by atoms with Crippen LogP contribution in [0.4, 0.5) is 4.79 Å². The van der Waals surface area contributed by atoms with Crippen molar-refractivity contribution in [2.24, 2.45) is 17.6 Å². The number of hydrogen-bond donors (Lipinski definition) is 2. The highest BCUT2D eigenvalue weighted by Crippen LogP contribution is 2.31. The normalized spacial score (nSPS) is 19.8. The Morgan fingerprint density at radius 3 is 2.39 bits per heavy atom. The number of carbonyl (C=O) groups excluding carboxylic acids is 3. The first-order valence-electron chi connectivity index (χ1n) is 12.2. The second-order valence-corrected chi connectivity index (χ2v) is 10.9. The molecule has 2 atom stereocenters. The fourth-order valence-electron chi connectivity index (χ4n) is 4.87. The monoisotopic (exact) mass is 457 g/mol. The van der Waals surface area contributed by atoms with E-state index < -0.39 is 23.6 Å². The van der Waals surface area contributed by atoms with Crippen LogP contribution in [0.1, 0.15) is 88.2 Å². The largest absolute Gasteiger partial charge is 0.444 e. The molecule has 3 amide bonds. The van der Waals surface area contributed by atoms with Crippen LogP contribution in [0.15, 0.2) is 18.2 Å². The lowest BCUT2D eigenvalue weighted by atomic mass is 9.89. The highest BCUT2D eigenvalue weighted by molar-refractivity contribution is 5.93. The molecule has 0 unspecified atom stereocenters. The van der Waals surface area contributed by atoms with Gasteiger partial charge >= 0.3 is 6.09 Å². The fourth-order valence-corrected chi connectivity index (χ4v) is 4.87. The number of benzene rings is 1. The number of nitrogens with two attached hydrogens (primary N) is 1. The second-order valence-electron chi connectivity index (χ2n) is 10.9. The van der Waals surface area contributed by atoms with Crippen molar-refractivity contribution in [3.8, 4) is 0 Å². The molecule has 2 aliphatic rings. The van der Waals surface area contributed by atoms with Gasteiger partial charge in [0.25, 0.3) is 0 Å². The molecule has 0 radical (unpaired) electrons. The molecule has 1 aliphatic carbocycles. The highest BCUT2D eigenvalue weighted by Gasteiger charge is 2.38. The van der Waals surface area contributed by atoms with Gasteiger partial charge in [-0.1, -0.05) is 45.6 Å². The molecule has 0 saturated heterocycles. The van der Waals surface area contributed by atoms with Gasteiger partial charge in [-0.05, 0) is 62.3 Å². The molecule has 3 rings (SSSR count). The molecule has 0 spiro atoms. The number of primary amides is 1. The summed E-state index contributed by atoms with van der Waals surface area (Å²) in [5.74, 6) is 0.285. The summed E-state index contributed by atoms with van der Waals surface area (Å²) in [6, 6.07) is 4.62. The summed E-state index contributed by atoms with van der Waals surface area (Å²) in [4.78, 5) is 39.7. The van der Waals surface area contributed by atoms with Crippen molar-refractivity contribution in [2.45, 2.75) is 97.4 Å². The van der Waals surface area contributed by atoms with Crippen molar-refractivity contribution in [1.82, 2.24) is 10.2 Å². The minimum atomic E-state index is -0.684. The third kappa shape index (κ3) is 6.49. The Bertz CT molecular complexity index is 884. The van der Waals surface area contributed by atoms with E-state index in [2.05, 4.69) is 19.2 Å². The number of rotatable bonds is 6. The minimum Gasteiger partial charge on any atom is -0.444 e. The molecular weight excluding hydrogens is 418 g/mol. The lowest BCUT2D eigenvalue weighted by Gasteiger charge is -2.38. The molecule has 7 heteroatoms. The second kappa shape index (κ2) is 10.1. The Balaban J connectivity index is 1.84. The fraction of sp³-hybridized carbons (Fsp3) is 0.654. The van der Waals surface area contributed by atoms with Crippen molar-refractivity contribution < 1.29 is 19.1 Å². The zero-order chi connectivity index (χ0) is 24.3.